The molecule has 0 radical (unpaired) electrons. The van der Waals surface area contributed by atoms with Gasteiger partial charge in [0.05, 0.1) is 24.8 Å². The minimum absolute atomic E-state index is 0.0634. The van der Waals surface area contributed by atoms with Crippen molar-refractivity contribution < 1.29 is 23.9 Å². The lowest BCUT2D eigenvalue weighted by Gasteiger charge is -2.35. The summed E-state index contributed by atoms with van der Waals surface area (Å²) in [4.78, 5) is 41.8. The molecule has 0 aromatic heterocycles. The van der Waals surface area contributed by atoms with Gasteiger partial charge in [-0.25, -0.2) is 0 Å². The molecule has 0 spiro atoms. The van der Waals surface area contributed by atoms with Gasteiger partial charge in [0.15, 0.2) is 0 Å². The Labute approximate surface area is 192 Å². The number of carbonyl (C=O) groups excluding carboxylic acids is 3. The molecule has 2 heterocycles. The van der Waals surface area contributed by atoms with Crippen LogP contribution in [0, 0.1) is 0 Å². The Kier molecular flexibility index (Phi) is 7.09. The van der Waals surface area contributed by atoms with Crippen LogP contribution in [0.2, 0.25) is 0 Å². The van der Waals surface area contributed by atoms with E-state index in [1.165, 1.54) is 0 Å². The number of amides is 3. The Bertz CT molecular complexity index is 1000. The fourth-order valence-corrected chi connectivity index (χ4v) is 3.94. The van der Waals surface area contributed by atoms with Crippen LogP contribution in [0.25, 0.3) is 0 Å². The van der Waals surface area contributed by atoms with Crippen molar-refractivity contribution in [2.45, 2.75) is 12.5 Å². The number of nitrogens with one attached hydrogen (secondary N) is 2. The van der Waals surface area contributed by atoms with Gasteiger partial charge in [0.1, 0.15) is 24.1 Å². The molecule has 1 saturated heterocycles. The molecule has 0 unspecified atom stereocenters. The summed E-state index contributed by atoms with van der Waals surface area (Å²) < 4.78 is 10.9. The fourth-order valence-electron chi connectivity index (χ4n) is 3.94. The van der Waals surface area contributed by atoms with Gasteiger partial charge in [0, 0.05) is 32.7 Å². The highest BCUT2D eigenvalue weighted by molar-refractivity contribution is 6.10. The third-order valence-electron chi connectivity index (χ3n) is 5.89. The summed E-state index contributed by atoms with van der Waals surface area (Å²) in [5.41, 5.74) is 0.853. The van der Waals surface area contributed by atoms with E-state index in [1.54, 1.807) is 36.3 Å². The molecule has 33 heavy (non-hydrogen) atoms. The van der Waals surface area contributed by atoms with Crippen molar-refractivity contribution in [3.63, 3.8) is 0 Å². The van der Waals surface area contributed by atoms with Gasteiger partial charge in [-0.1, -0.05) is 12.1 Å². The smallest absolute Gasteiger partial charge is 0.254 e. The number of methoxy groups -OCH3 is 1. The largest absolute Gasteiger partial charge is 0.497 e. The number of nitrogens with zero attached hydrogens (tertiary/aromatic N) is 2. The summed E-state index contributed by atoms with van der Waals surface area (Å²) in [7, 11) is 1.63. The van der Waals surface area contributed by atoms with E-state index in [0.717, 1.165) is 31.1 Å². The van der Waals surface area contributed by atoms with Crippen LogP contribution >= 0.6 is 0 Å². The van der Waals surface area contributed by atoms with E-state index >= 15 is 0 Å². The third-order valence-corrected chi connectivity index (χ3v) is 5.89. The van der Waals surface area contributed by atoms with Crippen molar-refractivity contribution in [3.8, 4) is 11.5 Å². The summed E-state index contributed by atoms with van der Waals surface area (Å²) in [6, 6.07) is 13.4. The Balaban J connectivity index is 1.21. The molecule has 0 bridgehead atoms. The van der Waals surface area contributed by atoms with Crippen molar-refractivity contribution >= 4 is 23.4 Å². The standard InChI is InChI=1S/C24H28N4O5/c1-32-17-6-8-18(9-7-17)33-15-14-27-10-12-28(13-11-27)22(29)16-21-24(31)25-20-5-3-2-4-19(20)23(30)26-21/h2-9,21H,10-16H2,1H3,(H,25,31)(H,26,30)/t21-/m0/s1. The summed E-state index contributed by atoms with van der Waals surface area (Å²) in [5, 5.41) is 5.42. The first kappa shape index (κ1) is 22.6. The van der Waals surface area contributed by atoms with Crippen molar-refractivity contribution in [3.05, 3.63) is 54.1 Å². The first-order chi connectivity index (χ1) is 16.0. The van der Waals surface area contributed by atoms with Crippen LogP contribution in [0.5, 0.6) is 11.5 Å². The number of hydrogen-bond acceptors (Lipinski definition) is 6. The van der Waals surface area contributed by atoms with Crippen molar-refractivity contribution in [1.82, 2.24) is 15.1 Å². The summed E-state index contributed by atoms with van der Waals surface area (Å²) in [6.07, 6.45) is -0.0634. The molecule has 1 atom stereocenters. The van der Waals surface area contributed by atoms with Gasteiger partial charge in [0.25, 0.3) is 5.91 Å². The number of ether oxygens (including phenoxy) is 2. The van der Waals surface area contributed by atoms with Crippen LogP contribution in [0.4, 0.5) is 5.69 Å². The maximum Gasteiger partial charge on any atom is 0.254 e. The second-order valence-corrected chi connectivity index (χ2v) is 8.01. The number of hydrogen-bond donors (Lipinski definition) is 2. The van der Waals surface area contributed by atoms with Gasteiger partial charge in [-0.2, -0.15) is 0 Å². The molecular weight excluding hydrogens is 424 g/mol. The SMILES string of the molecule is COc1ccc(OCCN2CCN(C(=O)C[C@@H]3NC(=O)c4ccccc4NC3=O)CC2)cc1. The van der Waals surface area contributed by atoms with Crippen LogP contribution in [0.1, 0.15) is 16.8 Å². The van der Waals surface area contributed by atoms with Crippen molar-refractivity contribution in [1.29, 1.82) is 0 Å². The molecule has 2 N–H and O–H groups in total. The first-order valence-corrected chi connectivity index (χ1v) is 11.0. The van der Waals surface area contributed by atoms with E-state index in [0.29, 0.717) is 30.9 Å². The average Bonchev–Trinajstić information content (AvgIpc) is 2.95. The number of anilines is 1. The molecule has 2 aromatic rings. The molecule has 2 aliphatic rings. The topological polar surface area (TPSA) is 100 Å². The molecule has 9 heteroatoms. The molecule has 2 aromatic carbocycles. The lowest BCUT2D eigenvalue weighted by Crippen LogP contribution is -2.52. The van der Waals surface area contributed by atoms with E-state index < -0.39 is 6.04 Å². The quantitative estimate of drug-likeness (QED) is 0.658. The lowest BCUT2D eigenvalue weighted by atomic mass is 10.1. The molecule has 2 aliphatic heterocycles. The van der Waals surface area contributed by atoms with Crippen LogP contribution < -0.4 is 20.1 Å². The van der Waals surface area contributed by atoms with Crippen LogP contribution in [0.3, 0.4) is 0 Å². The molecule has 1 fully saturated rings. The third kappa shape index (κ3) is 5.61. The van der Waals surface area contributed by atoms with E-state index in [1.807, 2.05) is 24.3 Å². The van der Waals surface area contributed by atoms with Gasteiger partial charge in [-0.05, 0) is 36.4 Å². The van der Waals surface area contributed by atoms with E-state index in [2.05, 4.69) is 15.5 Å². The Hall–Kier alpha value is -3.59. The number of para-hydroxylation sites is 1. The first-order valence-electron chi connectivity index (χ1n) is 11.0. The zero-order chi connectivity index (χ0) is 23.2. The maximum atomic E-state index is 12.8. The van der Waals surface area contributed by atoms with E-state index in [-0.39, 0.29) is 24.1 Å². The lowest BCUT2D eigenvalue weighted by molar-refractivity contribution is -0.135. The summed E-state index contributed by atoms with van der Waals surface area (Å²) in [5.74, 6) is 0.694. The van der Waals surface area contributed by atoms with Gasteiger partial charge in [-0.15, -0.1) is 0 Å². The zero-order valence-electron chi connectivity index (χ0n) is 18.6. The zero-order valence-corrected chi connectivity index (χ0v) is 18.6. The number of carbonyl (C=O) groups is 3. The number of rotatable bonds is 7. The minimum atomic E-state index is -0.895. The summed E-state index contributed by atoms with van der Waals surface area (Å²) in [6.45, 7) is 3.91. The Morgan fingerprint density at radius 3 is 2.42 bits per heavy atom. The van der Waals surface area contributed by atoms with E-state index in [4.69, 9.17) is 9.47 Å². The molecule has 3 amide bonds. The monoisotopic (exact) mass is 452 g/mol. The predicted octanol–water partition coefficient (Wildman–Crippen LogP) is 1.36. The number of fused-ring (bicyclic) bond motifs is 1. The number of benzene rings is 2. The normalized spacial score (nSPS) is 18.6. The van der Waals surface area contributed by atoms with Gasteiger partial charge >= 0.3 is 0 Å². The number of piperazine rings is 1. The van der Waals surface area contributed by atoms with Crippen molar-refractivity contribution in [2.75, 3.05) is 51.8 Å². The second-order valence-electron chi connectivity index (χ2n) is 8.01. The van der Waals surface area contributed by atoms with Crippen LogP contribution in [0.15, 0.2) is 48.5 Å². The van der Waals surface area contributed by atoms with Gasteiger partial charge < -0.3 is 25.0 Å². The molecule has 0 saturated carbocycles. The second kappa shape index (κ2) is 10.4. The predicted molar refractivity (Wildman–Crippen MR) is 122 cm³/mol. The Morgan fingerprint density at radius 2 is 1.70 bits per heavy atom. The van der Waals surface area contributed by atoms with Gasteiger partial charge in [-0.3, -0.25) is 19.3 Å². The molecule has 0 aliphatic carbocycles. The highest BCUT2D eigenvalue weighted by atomic mass is 16.5. The molecule has 4 rings (SSSR count). The molecule has 9 nitrogen and oxygen atoms in total. The Morgan fingerprint density at radius 1 is 1.00 bits per heavy atom. The van der Waals surface area contributed by atoms with E-state index in [9.17, 15) is 14.4 Å². The van der Waals surface area contributed by atoms with Crippen LogP contribution in [-0.2, 0) is 9.59 Å². The minimum Gasteiger partial charge on any atom is -0.497 e. The molecule has 174 valence electrons. The average molecular weight is 453 g/mol. The maximum absolute atomic E-state index is 12.8. The van der Waals surface area contributed by atoms with Gasteiger partial charge in [0.2, 0.25) is 11.8 Å². The highest BCUT2D eigenvalue weighted by Gasteiger charge is 2.31. The fraction of sp³-hybridized carbons (Fsp3) is 0.375. The molecular formula is C24H28N4O5. The van der Waals surface area contributed by atoms with Crippen LogP contribution in [-0.4, -0.2) is 80.0 Å². The highest BCUT2D eigenvalue weighted by Crippen LogP contribution is 2.20. The summed E-state index contributed by atoms with van der Waals surface area (Å²) >= 11 is 0. The van der Waals surface area contributed by atoms with Crippen molar-refractivity contribution in [2.24, 2.45) is 0 Å².